The summed E-state index contributed by atoms with van der Waals surface area (Å²) in [7, 11) is 1.63. The van der Waals surface area contributed by atoms with Crippen molar-refractivity contribution in [1.29, 1.82) is 0 Å². The van der Waals surface area contributed by atoms with Gasteiger partial charge < -0.3 is 10.4 Å². The van der Waals surface area contributed by atoms with E-state index in [9.17, 15) is 9.18 Å². The van der Waals surface area contributed by atoms with E-state index >= 15 is 0 Å². The van der Waals surface area contributed by atoms with E-state index in [1.807, 2.05) is 24.3 Å². The summed E-state index contributed by atoms with van der Waals surface area (Å²) in [6, 6.07) is 13.3. The molecule has 0 aromatic heterocycles. The second-order valence-electron chi connectivity index (χ2n) is 4.59. The molecule has 0 heterocycles. The van der Waals surface area contributed by atoms with E-state index in [4.69, 9.17) is 5.11 Å². The minimum absolute atomic E-state index is 0.272. The Morgan fingerprint density at radius 2 is 1.90 bits per heavy atom. The maximum absolute atomic E-state index is 12.9. The number of likely N-dealkylation sites (N-methyl/N-ethyl adjacent to an activating group) is 1. The fraction of sp³-hybridized carbons (Fsp3) is 0.188. The topological polar surface area (TPSA) is 49.3 Å². The molecule has 0 spiro atoms. The summed E-state index contributed by atoms with van der Waals surface area (Å²) < 4.78 is 12.9. The molecule has 0 saturated heterocycles. The van der Waals surface area contributed by atoms with Gasteiger partial charge in [0.15, 0.2) is 0 Å². The summed E-state index contributed by atoms with van der Waals surface area (Å²) in [6.07, 6.45) is 0.404. The molecule has 0 aliphatic heterocycles. The monoisotopic (exact) mass is 273 g/mol. The molecule has 0 saturated carbocycles. The number of carboxylic acid groups (broad SMARTS) is 1. The number of nitrogens with one attached hydrogen (secondary N) is 1. The van der Waals surface area contributed by atoms with Crippen molar-refractivity contribution in [3.8, 4) is 11.1 Å². The van der Waals surface area contributed by atoms with Gasteiger partial charge in [-0.3, -0.25) is 4.79 Å². The van der Waals surface area contributed by atoms with E-state index < -0.39 is 12.0 Å². The quantitative estimate of drug-likeness (QED) is 0.880. The average Bonchev–Trinajstić information content (AvgIpc) is 2.45. The first-order chi connectivity index (χ1) is 9.60. The first-order valence-electron chi connectivity index (χ1n) is 6.35. The molecule has 0 amide bonds. The van der Waals surface area contributed by atoms with Crippen molar-refractivity contribution < 1.29 is 14.3 Å². The molecule has 2 aromatic rings. The minimum atomic E-state index is -0.875. The highest BCUT2D eigenvalue weighted by molar-refractivity contribution is 5.74. The van der Waals surface area contributed by atoms with Crippen molar-refractivity contribution in [3.63, 3.8) is 0 Å². The van der Waals surface area contributed by atoms with Gasteiger partial charge in [0.05, 0.1) is 0 Å². The van der Waals surface area contributed by atoms with Crippen LogP contribution in [0.2, 0.25) is 0 Å². The van der Waals surface area contributed by atoms with Crippen LogP contribution in [-0.4, -0.2) is 24.2 Å². The maximum Gasteiger partial charge on any atom is 0.321 e. The minimum Gasteiger partial charge on any atom is -0.480 e. The van der Waals surface area contributed by atoms with Gasteiger partial charge in [-0.2, -0.15) is 0 Å². The maximum atomic E-state index is 12.9. The summed E-state index contributed by atoms with van der Waals surface area (Å²) in [5, 5.41) is 11.8. The van der Waals surface area contributed by atoms with Crippen LogP contribution in [0.15, 0.2) is 48.5 Å². The van der Waals surface area contributed by atoms with Crippen LogP contribution in [0.1, 0.15) is 5.56 Å². The molecule has 0 fully saturated rings. The predicted octanol–water partition coefficient (Wildman–Crippen LogP) is 2.71. The first kappa shape index (κ1) is 14.2. The van der Waals surface area contributed by atoms with Crippen molar-refractivity contribution in [2.45, 2.75) is 12.5 Å². The van der Waals surface area contributed by atoms with E-state index in [0.717, 1.165) is 16.7 Å². The van der Waals surface area contributed by atoms with Crippen molar-refractivity contribution in [1.82, 2.24) is 5.32 Å². The van der Waals surface area contributed by atoms with Gasteiger partial charge in [0, 0.05) is 0 Å². The Morgan fingerprint density at radius 3 is 2.50 bits per heavy atom. The van der Waals surface area contributed by atoms with Gasteiger partial charge in [0.2, 0.25) is 0 Å². The highest BCUT2D eigenvalue weighted by Crippen LogP contribution is 2.21. The molecule has 4 heteroatoms. The van der Waals surface area contributed by atoms with E-state index in [0.29, 0.717) is 6.42 Å². The van der Waals surface area contributed by atoms with Crippen molar-refractivity contribution >= 4 is 5.97 Å². The number of aliphatic carboxylic acids is 1. The van der Waals surface area contributed by atoms with Crippen LogP contribution in [0.5, 0.6) is 0 Å². The second-order valence-corrected chi connectivity index (χ2v) is 4.59. The Bertz CT molecular complexity index is 596. The first-order valence-corrected chi connectivity index (χ1v) is 6.35. The van der Waals surface area contributed by atoms with E-state index in [-0.39, 0.29) is 5.82 Å². The Morgan fingerprint density at radius 1 is 1.20 bits per heavy atom. The Hall–Kier alpha value is -2.20. The summed E-state index contributed by atoms with van der Waals surface area (Å²) in [4.78, 5) is 11.0. The fourth-order valence-corrected chi connectivity index (χ4v) is 2.07. The Labute approximate surface area is 117 Å². The summed E-state index contributed by atoms with van der Waals surface area (Å²) in [5.41, 5.74) is 2.78. The zero-order chi connectivity index (χ0) is 14.5. The lowest BCUT2D eigenvalue weighted by molar-refractivity contribution is -0.139. The molecule has 20 heavy (non-hydrogen) atoms. The van der Waals surface area contributed by atoms with E-state index in [1.165, 1.54) is 12.1 Å². The van der Waals surface area contributed by atoms with Crippen molar-refractivity contribution in [2.24, 2.45) is 0 Å². The molecular weight excluding hydrogens is 257 g/mol. The van der Waals surface area contributed by atoms with Gasteiger partial charge in [-0.1, -0.05) is 36.4 Å². The number of benzene rings is 2. The largest absolute Gasteiger partial charge is 0.480 e. The number of hydrogen-bond donors (Lipinski definition) is 2. The van der Waals surface area contributed by atoms with Gasteiger partial charge in [-0.15, -0.1) is 0 Å². The summed E-state index contributed by atoms with van der Waals surface area (Å²) in [6.45, 7) is 0. The molecular formula is C16H16FNO2. The average molecular weight is 273 g/mol. The Kier molecular flexibility index (Phi) is 4.48. The van der Waals surface area contributed by atoms with Crippen LogP contribution in [0.4, 0.5) is 4.39 Å². The van der Waals surface area contributed by atoms with Crippen LogP contribution < -0.4 is 5.32 Å². The third kappa shape index (κ3) is 3.42. The van der Waals surface area contributed by atoms with Crippen LogP contribution in [0.3, 0.4) is 0 Å². The van der Waals surface area contributed by atoms with Gasteiger partial charge in [0.1, 0.15) is 11.9 Å². The lowest BCUT2D eigenvalue weighted by Crippen LogP contribution is -2.35. The van der Waals surface area contributed by atoms with Crippen LogP contribution >= 0.6 is 0 Å². The van der Waals surface area contributed by atoms with Gasteiger partial charge in [-0.05, 0) is 42.3 Å². The van der Waals surface area contributed by atoms with E-state index in [2.05, 4.69) is 5.32 Å². The predicted molar refractivity (Wildman–Crippen MR) is 76.0 cm³/mol. The number of carbonyl (C=O) groups is 1. The smallest absolute Gasteiger partial charge is 0.321 e. The highest BCUT2D eigenvalue weighted by atomic mass is 19.1. The fourth-order valence-electron chi connectivity index (χ4n) is 2.07. The number of halogens is 1. The third-order valence-electron chi connectivity index (χ3n) is 3.19. The zero-order valence-electron chi connectivity index (χ0n) is 11.1. The molecule has 2 N–H and O–H groups in total. The second kappa shape index (κ2) is 6.30. The van der Waals surface area contributed by atoms with Gasteiger partial charge in [0.25, 0.3) is 0 Å². The molecule has 0 aliphatic carbocycles. The zero-order valence-corrected chi connectivity index (χ0v) is 11.1. The molecule has 3 nitrogen and oxygen atoms in total. The lowest BCUT2D eigenvalue weighted by Gasteiger charge is -2.12. The number of rotatable bonds is 5. The normalized spacial score (nSPS) is 12.1. The summed E-state index contributed by atoms with van der Waals surface area (Å²) >= 11 is 0. The molecule has 0 aliphatic rings. The molecule has 1 atom stereocenters. The van der Waals surface area contributed by atoms with Crippen molar-refractivity contribution in [3.05, 3.63) is 59.9 Å². The molecule has 0 bridgehead atoms. The summed E-state index contributed by atoms with van der Waals surface area (Å²) in [5.74, 6) is -1.15. The molecule has 0 radical (unpaired) electrons. The molecule has 2 aromatic carbocycles. The lowest BCUT2D eigenvalue weighted by atomic mass is 9.99. The highest BCUT2D eigenvalue weighted by Gasteiger charge is 2.15. The van der Waals surface area contributed by atoms with Crippen molar-refractivity contribution in [2.75, 3.05) is 7.05 Å². The van der Waals surface area contributed by atoms with Crippen LogP contribution in [0.25, 0.3) is 11.1 Å². The van der Waals surface area contributed by atoms with Gasteiger partial charge >= 0.3 is 5.97 Å². The van der Waals surface area contributed by atoms with Crippen LogP contribution in [-0.2, 0) is 11.2 Å². The van der Waals surface area contributed by atoms with E-state index in [1.54, 1.807) is 19.2 Å². The number of carboxylic acids is 1. The molecule has 0 unspecified atom stereocenters. The third-order valence-corrected chi connectivity index (χ3v) is 3.19. The molecule has 104 valence electrons. The number of hydrogen-bond acceptors (Lipinski definition) is 2. The van der Waals surface area contributed by atoms with Gasteiger partial charge in [-0.25, -0.2) is 4.39 Å². The van der Waals surface area contributed by atoms with Crippen LogP contribution in [0, 0.1) is 5.82 Å². The SMILES string of the molecule is CN[C@@H](Cc1cccc(-c2ccc(F)cc2)c1)C(=O)O. The Balaban J connectivity index is 2.23. The molecule has 2 rings (SSSR count). The standard InChI is InChI=1S/C16H16FNO2/c1-18-15(16(19)20)10-11-3-2-4-13(9-11)12-5-7-14(17)8-6-12/h2-9,15,18H,10H2,1H3,(H,19,20)/t15-/m0/s1.